The maximum atomic E-state index is 13.5. The molecule has 5 heteroatoms. The van der Waals surface area contributed by atoms with Crippen molar-refractivity contribution >= 4 is 5.91 Å². The van der Waals surface area contributed by atoms with Crippen molar-refractivity contribution in [2.75, 3.05) is 20.8 Å². The van der Waals surface area contributed by atoms with Crippen molar-refractivity contribution in [3.63, 3.8) is 0 Å². The van der Waals surface area contributed by atoms with Crippen LogP contribution in [0.25, 0.3) is 0 Å². The summed E-state index contributed by atoms with van der Waals surface area (Å²) < 4.78 is 18.4. The standard InChI is InChI=1S/C14H21FN2O2/c1-17(10-11-6-3-4-7-12(11)15)14(18)13(16)8-5-9-19-2/h3-4,6-7,13H,5,8-10,16H2,1-2H3. The van der Waals surface area contributed by atoms with Crippen LogP contribution in [0.5, 0.6) is 0 Å². The number of hydrogen-bond donors (Lipinski definition) is 1. The summed E-state index contributed by atoms with van der Waals surface area (Å²) in [6.07, 6.45) is 1.30. The molecule has 2 N–H and O–H groups in total. The summed E-state index contributed by atoms with van der Waals surface area (Å²) in [5, 5.41) is 0. The predicted molar refractivity (Wildman–Crippen MR) is 72.0 cm³/mol. The molecule has 0 aliphatic rings. The second kappa shape index (κ2) is 7.86. The Labute approximate surface area is 113 Å². The molecular formula is C14H21FN2O2. The van der Waals surface area contributed by atoms with E-state index in [0.717, 1.165) is 6.42 Å². The van der Waals surface area contributed by atoms with Crippen molar-refractivity contribution in [1.82, 2.24) is 4.90 Å². The molecule has 1 amide bonds. The van der Waals surface area contributed by atoms with Gasteiger partial charge in [-0.25, -0.2) is 4.39 Å². The van der Waals surface area contributed by atoms with Crippen LogP contribution in [0.1, 0.15) is 18.4 Å². The van der Waals surface area contributed by atoms with Crippen molar-refractivity contribution in [2.45, 2.75) is 25.4 Å². The smallest absolute Gasteiger partial charge is 0.239 e. The molecule has 0 spiro atoms. The van der Waals surface area contributed by atoms with Crippen LogP contribution in [0.3, 0.4) is 0 Å². The quantitative estimate of drug-likeness (QED) is 0.763. The van der Waals surface area contributed by atoms with E-state index < -0.39 is 6.04 Å². The van der Waals surface area contributed by atoms with Crippen molar-refractivity contribution < 1.29 is 13.9 Å². The molecule has 0 saturated heterocycles. The molecule has 0 bridgehead atoms. The fourth-order valence-corrected chi connectivity index (χ4v) is 1.81. The van der Waals surface area contributed by atoms with E-state index in [4.69, 9.17) is 10.5 Å². The Kier molecular flexibility index (Phi) is 6.45. The SMILES string of the molecule is COCCCC(N)C(=O)N(C)Cc1ccccc1F. The molecular weight excluding hydrogens is 247 g/mol. The van der Waals surface area contributed by atoms with E-state index in [1.165, 1.54) is 11.0 Å². The number of hydrogen-bond acceptors (Lipinski definition) is 3. The van der Waals surface area contributed by atoms with Crippen LogP contribution in [-0.2, 0) is 16.1 Å². The first kappa shape index (κ1) is 15.6. The second-order valence-corrected chi connectivity index (χ2v) is 4.53. The van der Waals surface area contributed by atoms with Crippen LogP contribution in [0.4, 0.5) is 4.39 Å². The summed E-state index contributed by atoms with van der Waals surface area (Å²) in [7, 11) is 3.24. The van der Waals surface area contributed by atoms with Gasteiger partial charge in [0, 0.05) is 32.9 Å². The van der Waals surface area contributed by atoms with Gasteiger partial charge >= 0.3 is 0 Å². The minimum absolute atomic E-state index is 0.181. The van der Waals surface area contributed by atoms with E-state index >= 15 is 0 Å². The third kappa shape index (κ3) is 4.96. The number of carbonyl (C=O) groups is 1. The molecule has 106 valence electrons. The Hall–Kier alpha value is -1.46. The summed E-state index contributed by atoms with van der Waals surface area (Å²) in [5.74, 6) is -0.491. The van der Waals surface area contributed by atoms with Crippen LogP contribution < -0.4 is 5.73 Å². The Bertz CT molecular complexity index is 412. The molecule has 1 unspecified atom stereocenters. The highest BCUT2D eigenvalue weighted by Gasteiger charge is 2.18. The number of carbonyl (C=O) groups excluding carboxylic acids is 1. The molecule has 0 radical (unpaired) electrons. The topological polar surface area (TPSA) is 55.6 Å². The highest BCUT2D eigenvalue weighted by Crippen LogP contribution is 2.10. The van der Waals surface area contributed by atoms with Gasteiger partial charge in [-0.3, -0.25) is 4.79 Å². The molecule has 0 aliphatic heterocycles. The maximum Gasteiger partial charge on any atom is 0.239 e. The van der Waals surface area contributed by atoms with Gasteiger partial charge in [0.2, 0.25) is 5.91 Å². The number of ether oxygens (including phenoxy) is 1. The van der Waals surface area contributed by atoms with Crippen LogP contribution in [-0.4, -0.2) is 37.6 Å². The van der Waals surface area contributed by atoms with E-state index in [1.54, 1.807) is 32.4 Å². The van der Waals surface area contributed by atoms with Gasteiger partial charge in [-0.15, -0.1) is 0 Å². The van der Waals surface area contributed by atoms with Gasteiger partial charge in [0.15, 0.2) is 0 Å². The van der Waals surface area contributed by atoms with E-state index in [9.17, 15) is 9.18 Å². The number of benzene rings is 1. The van der Waals surface area contributed by atoms with Crippen LogP contribution in [0.2, 0.25) is 0 Å². The van der Waals surface area contributed by atoms with Gasteiger partial charge < -0.3 is 15.4 Å². The Balaban J connectivity index is 2.50. The lowest BCUT2D eigenvalue weighted by molar-refractivity contribution is -0.132. The fraction of sp³-hybridized carbons (Fsp3) is 0.500. The van der Waals surface area contributed by atoms with Crippen molar-refractivity contribution in [2.24, 2.45) is 5.73 Å². The van der Waals surface area contributed by atoms with Crippen molar-refractivity contribution in [1.29, 1.82) is 0 Å². The fourth-order valence-electron chi connectivity index (χ4n) is 1.81. The molecule has 19 heavy (non-hydrogen) atoms. The number of methoxy groups -OCH3 is 1. The second-order valence-electron chi connectivity index (χ2n) is 4.53. The lowest BCUT2D eigenvalue weighted by Gasteiger charge is -2.21. The molecule has 1 aromatic rings. The van der Waals surface area contributed by atoms with E-state index in [1.807, 2.05) is 0 Å². The van der Waals surface area contributed by atoms with E-state index in [-0.39, 0.29) is 18.3 Å². The highest BCUT2D eigenvalue weighted by atomic mass is 19.1. The first-order valence-corrected chi connectivity index (χ1v) is 6.29. The van der Waals surface area contributed by atoms with Gasteiger partial charge in [0.05, 0.1) is 6.04 Å². The normalized spacial score (nSPS) is 12.2. The molecule has 0 aliphatic carbocycles. The largest absolute Gasteiger partial charge is 0.385 e. The zero-order valence-corrected chi connectivity index (χ0v) is 11.4. The van der Waals surface area contributed by atoms with Crippen molar-refractivity contribution in [3.05, 3.63) is 35.6 Å². The monoisotopic (exact) mass is 268 g/mol. The third-order valence-electron chi connectivity index (χ3n) is 2.92. The van der Waals surface area contributed by atoms with Gasteiger partial charge in [0.25, 0.3) is 0 Å². The Morgan fingerprint density at radius 3 is 2.79 bits per heavy atom. The summed E-state index contributed by atoms with van der Waals surface area (Å²) in [6.45, 7) is 0.807. The van der Waals surface area contributed by atoms with Gasteiger partial charge in [-0.2, -0.15) is 0 Å². The zero-order chi connectivity index (χ0) is 14.3. The number of rotatable bonds is 7. The predicted octanol–water partition coefficient (Wildman–Crippen LogP) is 1.54. The molecule has 0 fully saturated rings. The number of amides is 1. The van der Waals surface area contributed by atoms with Crippen LogP contribution in [0, 0.1) is 5.82 Å². The molecule has 1 rings (SSSR count). The molecule has 1 aromatic carbocycles. The number of halogens is 1. The number of nitrogens with zero attached hydrogens (tertiary/aromatic N) is 1. The average Bonchev–Trinajstić information content (AvgIpc) is 2.40. The molecule has 0 heterocycles. The average molecular weight is 268 g/mol. The van der Waals surface area contributed by atoms with Crippen LogP contribution >= 0.6 is 0 Å². The lowest BCUT2D eigenvalue weighted by Crippen LogP contribution is -2.41. The van der Waals surface area contributed by atoms with Gasteiger partial charge in [-0.05, 0) is 18.9 Å². The summed E-state index contributed by atoms with van der Waals surface area (Å²) in [5.41, 5.74) is 6.30. The summed E-state index contributed by atoms with van der Waals surface area (Å²) in [4.78, 5) is 13.4. The lowest BCUT2D eigenvalue weighted by atomic mass is 10.1. The van der Waals surface area contributed by atoms with Crippen molar-refractivity contribution in [3.8, 4) is 0 Å². The van der Waals surface area contributed by atoms with E-state index in [2.05, 4.69) is 0 Å². The molecule has 0 saturated carbocycles. The van der Waals surface area contributed by atoms with Crippen LogP contribution in [0.15, 0.2) is 24.3 Å². The Morgan fingerprint density at radius 1 is 1.47 bits per heavy atom. The van der Waals surface area contributed by atoms with Gasteiger partial charge in [-0.1, -0.05) is 18.2 Å². The summed E-state index contributed by atoms with van der Waals surface area (Å²) in [6, 6.07) is 5.85. The first-order valence-electron chi connectivity index (χ1n) is 6.29. The Morgan fingerprint density at radius 2 is 2.16 bits per heavy atom. The van der Waals surface area contributed by atoms with E-state index in [0.29, 0.717) is 18.6 Å². The summed E-state index contributed by atoms with van der Waals surface area (Å²) >= 11 is 0. The maximum absolute atomic E-state index is 13.5. The highest BCUT2D eigenvalue weighted by molar-refractivity contribution is 5.81. The third-order valence-corrected chi connectivity index (χ3v) is 2.92. The minimum atomic E-state index is -0.563. The number of likely N-dealkylation sites (N-methyl/N-ethyl adjacent to an activating group) is 1. The van der Waals surface area contributed by atoms with Gasteiger partial charge in [0.1, 0.15) is 5.82 Å². The molecule has 4 nitrogen and oxygen atoms in total. The minimum Gasteiger partial charge on any atom is -0.385 e. The molecule has 0 aromatic heterocycles. The number of nitrogens with two attached hydrogens (primary N) is 1. The first-order chi connectivity index (χ1) is 9.06. The zero-order valence-electron chi connectivity index (χ0n) is 11.4. The molecule has 1 atom stereocenters.